The van der Waals surface area contributed by atoms with Crippen molar-refractivity contribution in [3.05, 3.63) is 83.9 Å². The van der Waals surface area contributed by atoms with Crippen LogP contribution in [0.3, 0.4) is 0 Å². The van der Waals surface area contributed by atoms with Crippen LogP contribution in [0, 0.1) is 0 Å². The smallest absolute Gasteiger partial charge is 0.272 e. The van der Waals surface area contributed by atoms with Crippen molar-refractivity contribution in [2.75, 3.05) is 11.5 Å². The number of hydrogen-bond donors (Lipinski definition) is 2. The van der Waals surface area contributed by atoms with Gasteiger partial charge in [0.2, 0.25) is 12.0 Å². The third-order valence-corrected chi connectivity index (χ3v) is 7.24. The third kappa shape index (κ3) is 5.90. The highest BCUT2D eigenvalue weighted by Crippen LogP contribution is 2.35. The zero-order valence-electron chi connectivity index (χ0n) is 21.8. The standard InChI is InChI=1S/C31H32N2O6/c1-20(34)21-11-15-24(16-12-21)33(31(37)28-19-38-26-9-5-6-10-27(26)39-28)29(22-13-17-25(35)18-14-22)30(36)32-23-7-3-2-4-8-23/h5-6,9-18,23,28-29,35H,2-4,7-8,19H2,1H3,(H,32,36)/t28-,29-/m0/s1. The summed E-state index contributed by atoms with van der Waals surface area (Å²) in [6.45, 7) is 1.45. The first kappa shape index (κ1) is 26.3. The van der Waals surface area contributed by atoms with Crippen LogP contribution in [0.15, 0.2) is 72.8 Å². The lowest BCUT2D eigenvalue weighted by atomic mass is 9.94. The number of nitrogens with one attached hydrogen (secondary N) is 1. The van der Waals surface area contributed by atoms with Crippen molar-refractivity contribution in [3.8, 4) is 17.2 Å². The molecule has 2 amide bonds. The van der Waals surface area contributed by atoms with Crippen molar-refractivity contribution in [3.63, 3.8) is 0 Å². The van der Waals surface area contributed by atoms with E-state index in [1.54, 1.807) is 54.6 Å². The molecule has 2 N–H and O–H groups in total. The molecule has 1 saturated carbocycles. The number of para-hydroxylation sites is 2. The molecule has 0 aromatic heterocycles. The second-order valence-electron chi connectivity index (χ2n) is 10.0. The Labute approximate surface area is 227 Å². The molecule has 202 valence electrons. The van der Waals surface area contributed by atoms with Gasteiger partial charge in [-0.15, -0.1) is 0 Å². The summed E-state index contributed by atoms with van der Waals surface area (Å²) < 4.78 is 11.9. The maximum absolute atomic E-state index is 14.2. The molecule has 5 rings (SSSR count). The van der Waals surface area contributed by atoms with E-state index in [-0.39, 0.29) is 30.1 Å². The Bertz CT molecular complexity index is 1330. The predicted molar refractivity (Wildman–Crippen MR) is 146 cm³/mol. The molecule has 39 heavy (non-hydrogen) atoms. The third-order valence-electron chi connectivity index (χ3n) is 7.24. The van der Waals surface area contributed by atoms with E-state index < -0.39 is 18.1 Å². The minimum absolute atomic E-state index is 0.0176. The van der Waals surface area contributed by atoms with E-state index in [4.69, 9.17) is 9.47 Å². The summed E-state index contributed by atoms with van der Waals surface area (Å²) in [6, 6.07) is 18.9. The Morgan fingerprint density at radius 3 is 2.23 bits per heavy atom. The normalized spacial score (nSPS) is 17.6. The van der Waals surface area contributed by atoms with E-state index in [2.05, 4.69) is 5.32 Å². The molecule has 8 heteroatoms. The average molecular weight is 529 g/mol. The number of benzene rings is 3. The Morgan fingerprint density at radius 2 is 1.56 bits per heavy atom. The Balaban J connectivity index is 1.55. The second-order valence-corrected chi connectivity index (χ2v) is 10.0. The number of Topliss-reactive ketones (excluding diaryl/α,β-unsaturated/α-hetero) is 1. The lowest BCUT2D eigenvalue weighted by Crippen LogP contribution is -2.52. The molecule has 2 aliphatic rings. The predicted octanol–water partition coefficient (Wildman–Crippen LogP) is 4.96. The molecule has 1 heterocycles. The van der Waals surface area contributed by atoms with E-state index in [9.17, 15) is 19.5 Å². The van der Waals surface area contributed by atoms with Crippen LogP contribution in [-0.4, -0.2) is 41.5 Å². The fourth-order valence-electron chi connectivity index (χ4n) is 5.16. The monoisotopic (exact) mass is 528 g/mol. The van der Waals surface area contributed by atoms with Crippen LogP contribution < -0.4 is 19.7 Å². The highest BCUT2D eigenvalue weighted by Gasteiger charge is 2.39. The van der Waals surface area contributed by atoms with Crippen LogP contribution in [-0.2, 0) is 9.59 Å². The van der Waals surface area contributed by atoms with Crippen LogP contribution in [0.1, 0.15) is 61.0 Å². The van der Waals surface area contributed by atoms with Crippen molar-refractivity contribution >= 4 is 23.3 Å². The maximum Gasteiger partial charge on any atom is 0.272 e. The number of ketones is 1. The number of anilines is 1. The zero-order chi connectivity index (χ0) is 27.4. The molecule has 0 bridgehead atoms. The van der Waals surface area contributed by atoms with Gasteiger partial charge in [0.1, 0.15) is 18.4 Å². The van der Waals surface area contributed by atoms with E-state index in [0.29, 0.717) is 28.3 Å². The number of carbonyl (C=O) groups excluding carboxylic acids is 3. The van der Waals surface area contributed by atoms with Gasteiger partial charge in [-0.25, -0.2) is 0 Å². The minimum Gasteiger partial charge on any atom is -0.508 e. The van der Waals surface area contributed by atoms with Crippen molar-refractivity contribution in [2.45, 2.75) is 57.2 Å². The SMILES string of the molecule is CC(=O)c1ccc(N(C(=O)[C@@H]2COc3ccccc3O2)[C@H](C(=O)NC2CCCCC2)c2ccc(O)cc2)cc1. The van der Waals surface area contributed by atoms with E-state index in [1.165, 1.54) is 24.0 Å². The number of nitrogens with zero attached hydrogens (tertiary/aromatic N) is 1. The van der Waals surface area contributed by atoms with Gasteiger partial charge >= 0.3 is 0 Å². The van der Waals surface area contributed by atoms with Gasteiger partial charge in [-0.2, -0.15) is 0 Å². The van der Waals surface area contributed by atoms with E-state index in [0.717, 1.165) is 32.1 Å². The molecule has 0 spiro atoms. The number of phenols is 1. The summed E-state index contributed by atoms with van der Waals surface area (Å²) in [4.78, 5) is 41.6. The van der Waals surface area contributed by atoms with Crippen molar-refractivity contribution < 1.29 is 29.0 Å². The summed E-state index contributed by atoms with van der Waals surface area (Å²) in [7, 11) is 0. The molecule has 1 aliphatic heterocycles. The first-order valence-electron chi connectivity index (χ1n) is 13.3. The van der Waals surface area contributed by atoms with Crippen LogP contribution in [0.2, 0.25) is 0 Å². The zero-order valence-corrected chi connectivity index (χ0v) is 21.8. The van der Waals surface area contributed by atoms with Crippen molar-refractivity contribution in [1.29, 1.82) is 0 Å². The van der Waals surface area contributed by atoms with Gasteiger partial charge in [0, 0.05) is 17.3 Å². The molecule has 1 aliphatic carbocycles. The molecule has 3 aromatic rings. The van der Waals surface area contributed by atoms with Gasteiger partial charge in [-0.1, -0.05) is 43.5 Å². The number of rotatable bonds is 7. The molecule has 2 atom stereocenters. The Hall–Kier alpha value is -4.33. The molecule has 0 saturated heterocycles. The van der Waals surface area contributed by atoms with Gasteiger partial charge in [0.25, 0.3) is 5.91 Å². The molecule has 0 radical (unpaired) electrons. The number of hydrogen-bond acceptors (Lipinski definition) is 6. The van der Waals surface area contributed by atoms with Crippen LogP contribution in [0.4, 0.5) is 5.69 Å². The number of amides is 2. The van der Waals surface area contributed by atoms with Crippen molar-refractivity contribution in [1.82, 2.24) is 5.32 Å². The van der Waals surface area contributed by atoms with Gasteiger partial charge in [-0.3, -0.25) is 19.3 Å². The van der Waals surface area contributed by atoms with Gasteiger partial charge in [0.05, 0.1) is 0 Å². The fourth-order valence-corrected chi connectivity index (χ4v) is 5.16. The fraction of sp³-hybridized carbons (Fsp3) is 0.323. The summed E-state index contributed by atoms with van der Waals surface area (Å²) in [6.07, 6.45) is 3.97. The number of carbonyl (C=O) groups is 3. The first-order chi connectivity index (χ1) is 18.9. The Morgan fingerprint density at radius 1 is 0.897 bits per heavy atom. The molecule has 8 nitrogen and oxygen atoms in total. The molecule has 3 aromatic carbocycles. The largest absolute Gasteiger partial charge is 0.508 e. The molecule has 1 fully saturated rings. The summed E-state index contributed by atoms with van der Waals surface area (Å²) in [5, 5.41) is 13.1. The van der Waals surface area contributed by atoms with Crippen molar-refractivity contribution in [2.24, 2.45) is 0 Å². The summed E-state index contributed by atoms with van der Waals surface area (Å²) in [5.74, 6) is 0.149. The van der Waals surface area contributed by atoms with Gasteiger partial charge in [-0.05, 0) is 73.9 Å². The second kappa shape index (κ2) is 11.6. The Kier molecular flexibility index (Phi) is 7.81. The van der Waals surface area contributed by atoms with Crippen LogP contribution in [0.25, 0.3) is 0 Å². The summed E-state index contributed by atoms with van der Waals surface area (Å²) >= 11 is 0. The minimum atomic E-state index is -1.05. The number of phenolic OH excluding ortho intramolecular Hbond substituents is 1. The van der Waals surface area contributed by atoms with Crippen LogP contribution in [0.5, 0.6) is 17.2 Å². The topological polar surface area (TPSA) is 105 Å². The maximum atomic E-state index is 14.2. The summed E-state index contributed by atoms with van der Waals surface area (Å²) in [5.41, 5.74) is 1.46. The lowest BCUT2D eigenvalue weighted by Gasteiger charge is -2.36. The molecule has 0 unspecified atom stereocenters. The quantitative estimate of drug-likeness (QED) is 0.420. The number of ether oxygens (including phenoxy) is 2. The number of aromatic hydroxyl groups is 1. The van der Waals surface area contributed by atoms with E-state index >= 15 is 0 Å². The van der Waals surface area contributed by atoms with Gasteiger partial charge < -0.3 is 19.9 Å². The highest BCUT2D eigenvalue weighted by atomic mass is 16.6. The first-order valence-corrected chi connectivity index (χ1v) is 13.3. The average Bonchev–Trinajstić information content (AvgIpc) is 2.96. The van der Waals surface area contributed by atoms with Gasteiger partial charge in [0.15, 0.2) is 17.3 Å². The lowest BCUT2D eigenvalue weighted by molar-refractivity contribution is -0.132. The molecular weight excluding hydrogens is 496 g/mol. The number of fused-ring (bicyclic) bond motifs is 1. The molecular formula is C31H32N2O6. The van der Waals surface area contributed by atoms with E-state index in [1.807, 2.05) is 6.07 Å². The van der Waals surface area contributed by atoms with Crippen LogP contribution >= 0.6 is 0 Å². The highest BCUT2D eigenvalue weighted by molar-refractivity contribution is 6.04.